The molecule has 0 aromatic rings. The maximum absolute atomic E-state index is 11.7. The second-order valence-corrected chi connectivity index (χ2v) is 43.1. The van der Waals surface area contributed by atoms with Crippen LogP contribution in [0.4, 0.5) is 0 Å². The number of hydrogen-bond donors (Lipinski definition) is 2. The van der Waals surface area contributed by atoms with Gasteiger partial charge in [-0.3, -0.25) is 67.1 Å². The van der Waals surface area contributed by atoms with Gasteiger partial charge < -0.3 is 10.6 Å². The highest BCUT2D eigenvalue weighted by molar-refractivity contribution is 5.89. The maximum Gasteiger partial charge on any atom is 0.220 e. The zero-order chi connectivity index (χ0) is 101. The Hall–Kier alpha value is -5.02. The third kappa shape index (κ3) is 114. The molecule has 0 heterocycles. The lowest BCUT2D eigenvalue weighted by Crippen LogP contribution is -2.26. The number of amides is 2. The van der Waals surface area contributed by atoms with Gasteiger partial charge in [-0.15, -0.1) is 0 Å². The molecule has 0 aliphatic rings. The highest BCUT2D eigenvalue weighted by atomic mass is 16.2. The summed E-state index contributed by atoms with van der Waals surface area (Å²) < 4.78 is 0. The van der Waals surface area contributed by atoms with Crippen molar-refractivity contribution in [3.05, 3.63) is 0 Å². The van der Waals surface area contributed by atoms with Crippen molar-refractivity contribution in [2.75, 3.05) is 13.1 Å². The maximum atomic E-state index is 11.7. The smallest absolute Gasteiger partial charge is 0.220 e. The number of nitrogens with one attached hydrogen (secondary N) is 2. The van der Waals surface area contributed by atoms with Crippen molar-refractivity contribution in [3.63, 3.8) is 0 Å². The Labute approximate surface area is 815 Å². The monoisotopic (exact) mass is 1860 g/mol. The van der Waals surface area contributed by atoms with Gasteiger partial charge in [0.25, 0.3) is 0 Å². The van der Waals surface area contributed by atoms with E-state index in [4.69, 9.17) is 0 Å². The Kier molecular flexibility index (Phi) is 103. The van der Waals surface area contributed by atoms with E-state index >= 15 is 0 Å². The first-order chi connectivity index (χ1) is 62.4. The molecule has 16 nitrogen and oxygen atoms in total. The number of ketones is 12. The van der Waals surface area contributed by atoms with Crippen LogP contribution in [-0.4, -0.2) is 94.3 Å². The van der Waals surface area contributed by atoms with E-state index in [1.165, 1.54) is 135 Å². The standard InChI is InChI=1S/C21H38O3.C20H37NO3.C20H39NO2.C20H38O2.C19H34O3.C16H32O/c1-17(2)20(23)14-12-10-8-6-5-7-9-11-13-19(22)15-16-21(24)18(3)4;1-16(2)15-21-20(24)12-10-8-6-5-7-9-11-18(22)13-14-19(23)17(3)4;1-17(2)12-11-15-21-20(23)14-10-8-6-5-7-9-13-19(22)16-18(3)4;1-17(2)13-11-9-7-5-6-8-10-12-14-19(21)15-16-20(22)18(3)4;1-15(2)18(21)12-10-8-6-5-7-9-11-17(20)13-14-19(22)16(3)4;1-14(2)12-10-8-6-5-7-9-11-13-16(17)15(3)4/h17-18H,5-16H2,1-4H3;16-17H,5-15H2,1-4H3,(H,21,24);17-18H,5-16H2,1-4H3,(H,21,23);17-18H,5-16H2,1-4H3;15-16H,5-14H2,1-4H3;14-15H,5-13H2,1-4H3. The van der Waals surface area contributed by atoms with Crippen molar-refractivity contribution in [3.8, 4) is 0 Å². The van der Waals surface area contributed by atoms with Gasteiger partial charge in [0.15, 0.2) is 0 Å². The van der Waals surface area contributed by atoms with Gasteiger partial charge in [0, 0.05) is 177 Å². The van der Waals surface area contributed by atoms with Crippen molar-refractivity contribution in [2.45, 2.75) is 577 Å². The van der Waals surface area contributed by atoms with Gasteiger partial charge in [0.1, 0.15) is 69.4 Å². The summed E-state index contributed by atoms with van der Waals surface area (Å²) in [6, 6.07) is 0. The summed E-state index contributed by atoms with van der Waals surface area (Å²) in [7, 11) is 0. The Balaban J connectivity index is -0.000000362. The summed E-state index contributed by atoms with van der Waals surface area (Å²) in [6.07, 6.45) is 63.6. The van der Waals surface area contributed by atoms with Crippen LogP contribution < -0.4 is 10.6 Å². The van der Waals surface area contributed by atoms with Gasteiger partial charge in [0.2, 0.25) is 11.8 Å². The number of hydrogen-bond acceptors (Lipinski definition) is 14. The van der Waals surface area contributed by atoms with Crippen LogP contribution in [0.1, 0.15) is 577 Å². The summed E-state index contributed by atoms with van der Waals surface area (Å²) in [5.74, 6) is 7.80. The minimum Gasteiger partial charge on any atom is -0.356 e. The number of carbonyl (C=O) groups excluding carboxylic acids is 14. The van der Waals surface area contributed by atoms with E-state index in [1.807, 2.05) is 96.9 Å². The lowest BCUT2D eigenvalue weighted by Gasteiger charge is -2.07. The predicted octanol–water partition coefficient (Wildman–Crippen LogP) is 31.8. The highest BCUT2D eigenvalue weighted by Gasteiger charge is 2.17. The van der Waals surface area contributed by atoms with E-state index in [1.54, 1.807) is 0 Å². The molecule has 776 valence electrons. The highest BCUT2D eigenvalue weighted by Crippen LogP contribution is 2.21. The molecule has 0 aromatic heterocycles. The van der Waals surface area contributed by atoms with Gasteiger partial charge in [-0.05, 0) is 107 Å². The molecular weight excluding hydrogens is 1650 g/mol. The van der Waals surface area contributed by atoms with E-state index in [0.717, 1.165) is 205 Å². The zero-order valence-corrected chi connectivity index (χ0v) is 91.3. The van der Waals surface area contributed by atoms with Crippen LogP contribution in [0, 0.1) is 71.0 Å². The molecule has 0 bridgehead atoms. The summed E-state index contributed by atoms with van der Waals surface area (Å²) in [5, 5.41) is 5.93. The van der Waals surface area contributed by atoms with E-state index in [0.29, 0.717) is 137 Å². The van der Waals surface area contributed by atoms with E-state index in [2.05, 4.69) is 79.9 Å². The first-order valence-corrected chi connectivity index (χ1v) is 55.2. The predicted molar refractivity (Wildman–Crippen MR) is 560 cm³/mol. The number of rotatable bonds is 86. The third-order valence-corrected chi connectivity index (χ3v) is 24.4. The zero-order valence-electron chi connectivity index (χ0n) is 91.3. The topological polar surface area (TPSA) is 263 Å². The van der Waals surface area contributed by atoms with Gasteiger partial charge in [-0.1, -0.05) is 378 Å². The fourth-order valence-corrected chi connectivity index (χ4v) is 14.7. The normalized spacial score (nSPS) is 11.2. The average Bonchev–Trinajstić information content (AvgIpc) is 0.985. The van der Waals surface area contributed by atoms with Crippen molar-refractivity contribution >= 4 is 81.2 Å². The van der Waals surface area contributed by atoms with Crippen molar-refractivity contribution in [1.82, 2.24) is 10.6 Å². The second kappa shape index (κ2) is 99.0. The SMILES string of the molecule is CC(C)C(=O)CCCCCCCCC(=O)CCC(=O)C(C)C.CC(C)C(=O)CCCCCCCCCCC(=O)CCC(=O)C(C)C.CC(C)CCCCCCCCCC(=O)C(C)C.CC(C)CCCCCCCCCCC(=O)CCC(=O)C(C)C.CC(C)CCCNC(=O)CCCCCCCCC(=O)CC(C)C.CC(C)CNC(=O)CCCCCCCCC(=O)CCC(=O)C(C)C. The van der Waals surface area contributed by atoms with E-state index in [-0.39, 0.29) is 99.5 Å². The average molecular weight is 1870 g/mol. The Morgan fingerprint density at radius 1 is 0.152 bits per heavy atom. The largest absolute Gasteiger partial charge is 0.356 e. The van der Waals surface area contributed by atoms with Gasteiger partial charge in [-0.2, -0.15) is 0 Å². The van der Waals surface area contributed by atoms with Crippen molar-refractivity contribution in [1.29, 1.82) is 0 Å². The minimum absolute atomic E-state index is 0.0326. The summed E-state index contributed by atoms with van der Waals surface area (Å²) >= 11 is 0. The van der Waals surface area contributed by atoms with Gasteiger partial charge in [0.05, 0.1) is 0 Å². The van der Waals surface area contributed by atoms with Gasteiger partial charge >= 0.3 is 0 Å². The van der Waals surface area contributed by atoms with Crippen LogP contribution in [-0.2, 0) is 67.1 Å². The summed E-state index contributed by atoms with van der Waals surface area (Å²) in [4.78, 5) is 162. The quantitative estimate of drug-likeness (QED) is 0.0537. The molecule has 2 amide bonds. The van der Waals surface area contributed by atoms with Crippen LogP contribution in [0.25, 0.3) is 0 Å². The molecule has 132 heavy (non-hydrogen) atoms. The number of unbranched alkanes of at least 4 members (excludes halogenated alkanes) is 35. The molecule has 0 fully saturated rings. The molecular formula is C116H218N2O14. The van der Waals surface area contributed by atoms with Crippen LogP contribution in [0.5, 0.6) is 0 Å². The molecule has 0 aliphatic carbocycles. The fourth-order valence-electron chi connectivity index (χ4n) is 14.7. The first-order valence-electron chi connectivity index (χ1n) is 55.2. The summed E-state index contributed by atoms with van der Waals surface area (Å²) in [6.45, 7) is 50.5. The first kappa shape index (κ1) is 138. The molecule has 0 spiro atoms. The molecule has 2 N–H and O–H groups in total. The molecule has 0 aromatic carbocycles. The van der Waals surface area contributed by atoms with Gasteiger partial charge in [-0.25, -0.2) is 0 Å². The van der Waals surface area contributed by atoms with Crippen molar-refractivity contribution in [2.24, 2.45) is 71.0 Å². The molecule has 0 aliphatic heterocycles. The van der Waals surface area contributed by atoms with Crippen molar-refractivity contribution < 1.29 is 67.1 Å². The lowest BCUT2D eigenvalue weighted by molar-refractivity contribution is -0.126. The summed E-state index contributed by atoms with van der Waals surface area (Å²) in [5.41, 5.74) is 0. The Morgan fingerprint density at radius 3 is 0.530 bits per heavy atom. The van der Waals surface area contributed by atoms with Crippen LogP contribution in [0.15, 0.2) is 0 Å². The molecule has 16 heteroatoms. The Morgan fingerprint density at radius 2 is 0.326 bits per heavy atom. The molecule has 0 saturated heterocycles. The van der Waals surface area contributed by atoms with Crippen LogP contribution in [0.2, 0.25) is 0 Å². The molecule has 0 atom stereocenters. The fraction of sp³-hybridized carbons (Fsp3) is 0.879. The number of carbonyl (C=O) groups is 14. The number of Topliss-reactive ketones (excluding diaryl/α,β-unsaturated/α-hetero) is 12. The molecule has 0 radical (unpaired) electrons. The second-order valence-electron chi connectivity index (χ2n) is 43.1. The minimum atomic E-state index is 0.0326. The molecule has 0 rings (SSSR count). The lowest BCUT2D eigenvalue weighted by atomic mass is 10.00. The Bertz CT molecular complexity index is 2840. The third-order valence-electron chi connectivity index (χ3n) is 24.4. The van der Waals surface area contributed by atoms with Crippen LogP contribution in [0.3, 0.4) is 0 Å². The van der Waals surface area contributed by atoms with Crippen LogP contribution >= 0.6 is 0 Å². The van der Waals surface area contributed by atoms with E-state index < -0.39 is 0 Å². The molecule has 0 unspecified atom stereocenters. The molecule has 0 saturated carbocycles. The van der Waals surface area contributed by atoms with E-state index in [9.17, 15) is 67.1 Å².